The van der Waals surface area contributed by atoms with Gasteiger partial charge in [0.2, 0.25) is 12.1 Å². The Morgan fingerprint density at radius 2 is 2.12 bits per heavy atom. The quantitative estimate of drug-likeness (QED) is 0.441. The fourth-order valence-corrected chi connectivity index (χ4v) is 6.83. The summed E-state index contributed by atoms with van der Waals surface area (Å²) >= 11 is 3.43. The van der Waals surface area contributed by atoms with Gasteiger partial charge in [-0.2, -0.15) is 4.57 Å². The van der Waals surface area contributed by atoms with Crippen molar-refractivity contribution in [1.29, 1.82) is 0 Å². The van der Waals surface area contributed by atoms with Gasteiger partial charge in [-0.1, -0.05) is 44.2 Å². The minimum absolute atomic E-state index is 0.0666. The summed E-state index contributed by atoms with van der Waals surface area (Å²) < 4.78 is 10.5. The Morgan fingerprint density at radius 1 is 1.36 bits per heavy atom. The van der Waals surface area contributed by atoms with Crippen molar-refractivity contribution < 1.29 is 14.1 Å². The van der Waals surface area contributed by atoms with E-state index in [1.807, 2.05) is 12.1 Å². The van der Waals surface area contributed by atoms with Gasteiger partial charge in [-0.3, -0.25) is 0 Å². The first-order chi connectivity index (χ1) is 11.9. The third kappa shape index (κ3) is 2.54. The molecule has 0 amide bonds. The van der Waals surface area contributed by atoms with E-state index >= 15 is 0 Å². The monoisotopic (exact) mass is 376 g/mol. The van der Waals surface area contributed by atoms with Gasteiger partial charge < -0.3 is 4.74 Å². The fraction of sp³-hybridized carbons (Fsp3) is 0.600. The average Bonchev–Trinajstić information content (AvgIpc) is 3.10. The zero-order valence-electron chi connectivity index (χ0n) is 15.4. The molecule has 2 bridgehead atoms. The normalized spacial score (nSPS) is 30.1. The second-order valence-corrected chi connectivity index (χ2v) is 10.3. The molecule has 2 saturated carbocycles. The number of para-hydroxylation sites is 1. The number of nitrogens with zero attached hydrogens (tertiary/aromatic N) is 1. The zero-order chi connectivity index (χ0) is 17.8. The van der Waals surface area contributed by atoms with Crippen LogP contribution >= 0.6 is 23.1 Å². The number of carbonyl (C=O) groups is 1. The maximum absolute atomic E-state index is 12.8. The minimum Gasteiger partial charge on any atom is -0.457 e. The zero-order valence-corrected chi connectivity index (χ0v) is 17.0. The molecule has 1 aromatic heterocycles. The molecule has 0 radical (unpaired) electrons. The predicted octanol–water partition coefficient (Wildman–Crippen LogP) is 4.67. The van der Waals surface area contributed by atoms with E-state index in [0.29, 0.717) is 12.5 Å². The van der Waals surface area contributed by atoms with Crippen molar-refractivity contribution in [2.24, 2.45) is 16.7 Å². The Labute approximate surface area is 157 Å². The van der Waals surface area contributed by atoms with E-state index in [-0.39, 0.29) is 22.9 Å². The van der Waals surface area contributed by atoms with Crippen LogP contribution < -0.4 is 4.57 Å². The van der Waals surface area contributed by atoms with Crippen molar-refractivity contribution in [2.75, 3.05) is 6.26 Å². The first-order valence-electron chi connectivity index (χ1n) is 9.01. The molecule has 25 heavy (non-hydrogen) atoms. The summed E-state index contributed by atoms with van der Waals surface area (Å²) in [6, 6.07) is 8.27. The maximum Gasteiger partial charge on any atom is 0.373 e. The smallest absolute Gasteiger partial charge is 0.373 e. The van der Waals surface area contributed by atoms with Crippen LogP contribution in [0.1, 0.15) is 40.0 Å². The lowest BCUT2D eigenvalue weighted by Crippen LogP contribution is -2.43. The summed E-state index contributed by atoms with van der Waals surface area (Å²) in [6.07, 6.45) is 5.61. The van der Waals surface area contributed by atoms with Gasteiger partial charge in [0, 0.05) is 11.5 Å². The molecule has 1 aromatic carbocycles. The van der Waals surface area contributed by atoms with Crippen LogP contribution in [0.3, 0.4) is 0 Å². The van der Waals surface area contributed by atoms with Crippen LogP contribution in [0.15, 0.2) is 28.6 Å². The molecule has 2 aliphatic rings. The first kappa shape index (κ1) is 17.3. The van der Waals surface area contributed by atoms with E-state index < -0.39 is 0 Å². The predicted molar refractivity (Wildman–Crippen MR) is 103 cm³/mol. The first-order valence-corrected chi connectivity index (χ1v) is 11.1. The Balaban J connectivity index is 1.54. The number of thiazole rings is 1. The Bertz CT molecular complexity index is 828. The number of hydrogen-bond acceptors (Lipinski definition) is 4. The van der Waals surface area contributed by atoms with Crippen molar-refractivity contribution in [3.8, 4) is 0 Å². The molecule has 3 nitrogen and oxygen atoms in total. The number of aromatic nitrogens is 1. The lowest BCUT2D eigenvalue weighted by molar-refractivity contribution is -0.691. The maximum atomic E-state index is 12.8. The van der Waals surface area contributed by atoms with Gasteiger partial charge in [0.1, 0.15) is 10.8 Å². The van der Waals surface area contributed by atoms with Crippen LogP contribution in [0.2, 0.25) is 0 Å². The number of esters is 1. The summed E-state index contributed by atoms with van der Waals surface area (Å²) in [7, 11) is 0. The van der Waals surface area contributed by atoms with Crippen LogP contribution in [0, 0.1) is 16.7 Å². The number of ether oxygens (including phenoxy) is 1. The van der Waals surface area contributed by atoms with Gasteiger partial charge >= 0.3 is 5.97 Å². The highest BCUT2D eigenvalue weighted by Gasteiger charge is 2.62. The minimum atomic E-state index is -0.0987. The lowest BCUT2D eigenvalue weighted by Gasteiger charge is -2.38. The summed E-state index contributed by atoms with van der Waals surface area (Å²) in [5.74, 6) is 0.588. The molecule has 0 spiro atoms. The molecule has 4 rings (SSSR count). The Morgan fingerprint density at radius 3 is 2.76 bits per heavy atom. The molecule has 0 unspecified atom stereocenters. The Hall–Kier alpha value is -1.07. The fourth-order valence-electron chi connectivity index (χ4n) is 4.95. The largest absolute Gasteiger partial charge is 0.457 e. The van der Waals surface area contributed by atoms with Gasteiger partial charge in [0.25, 0.3) is 4.34 Å². The van der Waals surface area contributed by atoms with Gasteiger partial charge in [-0.25, -0.2) is 4.79 Å². The molecule has 0 N–H and O–H groups in total. The van der Waals surface area contributed by atoms with Gasteiger partial charge in [0.05, 0.1) is 0 Å². The van der Waals surface area contributed by atoms with Crippen molar-refractivity contribution >= 4 is 39.3 Å². The summed E-state index contributed by atoms with van der Waals surface area (Å²) in [5.41, 5.74) is 1.51. The highest BCUT2D eigenvalue weighted by atomic mass is 32.2. The van der Waals surface area contributed by atoms with E-state index in [0.717, 1.165) is 16.3 Å². The molecule has 2 aliphatic carbocycles. The number of fused-ring (bicyclic) bond motifs is 3. The van der Waals surface area contributed by atoms with Crippen molar-refractivity contribution in [3.63, 3.8) is 0 Å². The SMILES string of the molecule is CSc1sc2ccccc2[n+]1CC(=O)O[C@H]1C[C@H]2CC[C@]1(C)C2(C)C. The second-order valence-electron chi connectivity index (χ2n) is 8.21. The Kier molecular flexibility index (Phi) is 4.15. The molecule has 2 fully saturated rings. The van der Waals surface area contributed by atoms with E-state index in [1.165, 1.54) is 17.5 Å². The summed E-state index contributed by atoms with van der Waals surface area (Å²) in [6.45, 7) is 7.33. The van der Waals surface area contributed by atoms with E-state index in [1.54, 1.807) is 23.1 Å². The lowest BCUT2D eigenvalue weighted by atomic mass is 9.70. The highest BCUT2D eigenvalue weighted by molar-refractivity contribution is 8.00. The van der Waals surface area contributed by atoms with E-state index in [4.69, 9.17) is 4.74 Å². The second kappa shape index (κ2) is 5.98. The van der Waals surface area contributed by atoms with Crippen LogP contribution in [0.5, 0.6) is 0 Å². The van der Waals surface area contributed by atoms with Crippen LogP contribution in [-0.2, 0) is 16.1 Å². The molecule has 2 aromatic rings. The third-order valence-electron chi connectivity index (χ3n) is 7.02. The van der Waals surface area contributed by atoms with Gasteiger partial charge in [0.15, 0.2) is 0 Å². The number of thioether (sulfide) groups is 1. The molecule has 0 saturated heterocycles. The summed E-state index contributed by atoms with van der Waals surface area (Å²) in [4.78, 5) is 12.8. The molecule has 134 valence electrons. The number of hydrogen-bond donors (Lipinski definition) is 0. The average molecular weight is 377 g/mol. The van der Waals surface area contributed by atoms with E-state index in [9.17, 15) is 4.79 Å². The van der Waals surface area contributed by atoms with Crippen molar-refractivity contribution in [2.45, 2.75) is 57.0 Å². The number of rotatable bonds is 4. The van der Waals surface area contributed by atoms with E-state index in [2.05, 4.69) is 43.7 Å². The third-order valence-corrected chi connectivity index (χ3v) is 9.30. The summed E-state index contributed by atoms with van der Waals surface area (Å²) in [5, 5.41) is 0. The molecule has 3 atom stereocenters. The van der Waals surface area contributed by atoms with Crippen LogP contribution in [0.25, 0.3) is 10.2 Å². The molecule has 1 heterocycles. The number of carbonyl (C=O) groups excluding carboxylic acids is 1. The molecule has 0 aliphatic heterocycles. The standard InChI is InChI=1S/C20H26NO2S2/c1-19(2)13-9-10-20(19,3)16(11-13)23-17(22)12-21-14-7-5-6-8-15(14)25-18(21)24-4/h5-8,13,16H,9-12H2,1-4H3/q+1/t13-,16+,20+/m1/s1. The number of benzene rings is 1. The molecular formula is C20H26NO2S2+. The van der Waals surface area contributed by atoms with Crippen molar-refractivity contribution in [3.05, 3.63) is 24.3 Å². The molecule has 5 heteroatoms. The topological polar surface area (TPSA) is 30.2 Å². The van der Waals surface area contributed by atoms with Crippen LogP contribution in [-0.4, -0.2) is 18.3 Å². The van der Waals surface area contributed by atoms with Crippen LogP contribution in [0.4, 0.5) is 0 Å². The van der Waals surface area contributed by atoms with Gasteiger partial charge in [-0.15, -0.1) is 0 Å². The van der Waals surface area contributed by atoms with Gasteiger partial charge in [-0.05, 0) is 54.7 Å². The van der Waals surface area contributed by atoms with Crippen molar-refractivity contribution in [1.82, 2.24) is 0 Å². The molecular weight excluding hydrogens is 350 g/mol. The highest BCUT2D eigenvalue weighted by Crippen LogP contribution is 2.66.